The number of ether oxygens (including phenoxy) is 1. The van der Waals surface area contributed by atoms with Gasteiger partial charge in [-0.05, 0) is 43.4 Å². The number of fused-ring (bicyclic) bond motifs is 1. The highest BCUT2D eigenvalue weighted by Gasteiger charge is 2.39. The Balaban J connectivity index is 1.74. The Morgan fingerprint density at radius 3 is 2.87 bits per heavy atom. The fraction of sp³-hybridized carbons (Fsp3) is 0.444. The molecular formula is C18H21NO3S. The second-order valence-corrected chi connectivity index (χ2v) is 7.42. The molecule has 3 unspecified atom stereocenters. The first-order chi connectivity index (χ1) is 11.1. The van der Waals surface area contributed by atoms with Crippen LogP contribution in [-0.4, -0.2) is 30.3 Å². The summed E-state index contributed by atoms with van der Waals surface area (Å²) in [7, 11) is 1.42. The number of thioether (sulfide) groups is 1. The fourth-order valence-corrected chi connectivity index (χ4v) is 4.55. The first-order valence-corrected chi connectivity index (χ1v) is 8.79. The van der Waals surface area contributed by atoms with Crippen LogP contribution in [0.1, 0.15) is 30.4 Å². The van der Waals surface area contributed by atoms with Gasteiger partial charge in [-0.25, -0.2) is 0 Å². The predicted molar refractivity (Wildman–Crippen MR) is 91.8 cm³/mol. The third-order valence-electron chi connectivity index (χ3n) is 4.62. The van der Waals surface area contributed by atoms with Gasteiger partial charge in [-0.1, -0.05) is 24.3 Å². The summed E-state index contributed by atoms with van der Waals surface area (Å²) in [6, 6.07) is 8.10. The lowest BCUT2D eigenvalue weighted by Crippen LogP contribution is -2.50. The van der Waals surface area contributed by atoms with Crippen LogP contribution >= 0.6 is 11.8 Å². The number of carbonyl (C=O) groups excluding carboxylic acids is 2. The Labute approximate surface area is 140 Å². The van der Waals surface area contributed by atoms with Crippen LogP contribution in [-0.2, 0) is 14.3 Å². The molecule has 2 fully saturated rings. The summed E-state index contributed by atoms with van der Waals surface area (Å²) in [5.41, 5.74) is 2.23. The van der Waals surface area contributed by atoms with Gasteiger partial charge in [0, 0.05) is 11.3 Å². The normalized spacial score (nSPS) is 28.9. The number of carbonyl (C=O) groups is 2. The van der Waals surface area contributed by atoms with Gasteiger partial charge in [-0.3, -0.25) is 9.59 Å². The molecule has 23 heavy (non-hydrogen) atoms. The molecule has 1 N–H and O–H groups in total. The fourth-order valence-electron chi connectivity index (χ4n) is 3.26. The monoisotopic (exact) mass is 331 g/mol. The molecule has 1 amide bonds. The molecule has 1 aromatic carbocycles. The van der Waals surface area contributed by atoms with Crippen LogP contribution < -0.4 is 5.32 Å². The van der Waals surface area contributed by atoms with E-state index in [1.807, 2.05) is 37.3 Å². The molecule has 2 aliphatic rings. The van der Waals surface area contributed by atoms with Crippen molar-refractivity contribution < 1.29 is 14.3 Å². The zero-order chi connectivity index (χ0) is 16.4. The van der Waals surface area contributed by atoms with Gasteiger partial charge in [-0.2, -0.15) is 0 Å². The number of benzene rings is 1. The molecule has 3 atom stereocenters. The standard InChI is InChI=1S/C18H21NO3S/c1-11-5-3-4-6-12(11)10-16-17(20)19-14-9-13(18(21)22-2)7-8-15(14)23-16/h3-6,10,13-15H,7-9H2,1-2H3,(H,19,20)/b16-10+. The van der Waals surface area contributed by atoms with Crippen molar-refractivity contribution in [1.82, 2.24) is 5.32 Å². The highest BCUT2D eigenvalue weighted by molar-refractivity contribution is 8.04. The van der Waals surface area contributed by atoms with Gasteiger partial charge in [0.05, 0.1) is 17.9 Å². The van der Waals surface area contributed by atoms with E-state index in [2.05, 4.69) is 5.32 Å². The minimum absolute atomic E-state index is 0.0370. The average Bonchev–Trinajstić information content (AvgIpc) is 2.56. The summed E-state index contributed by atoms with van der Waals surface area (Å²) in [6.45, 7) is 2.04. The van der Waals surface area contributed by atoms with E-state index >= 15 is 0 Å². The van der Waals surface area contributed by atoms with Gasteiger partial charge in [0.25, 0.3) is 5.91 Å². The summed E-state index contributed by atoms with van der Waals surface area (Å²) in [4.78, 5) is 24.9. The van der Waals surface area contributed by atoms with Crippen LogP contribution in [0.4, 0.5) is 0 Å². The molecule has 1 aromatic rings. The summed E-state index contributed by atoms with van der Waals surface area (Å²) in [6.07, 6.45) is 4.39. The van der Waals surface area contributed by atoms with Crippen molar-refractivity contribution in [3.05, 3.63) is 40.3 Å². The van der Waals surface area contributed by atoms with E-state index in [-0.39, 0.29) is 23.8 Å². The van der Waals surface area contributed by atoms with Gasteiger partial charge in [-0.15, -0.1) is 11.8 Å². The molecule has 3 rings (SSSR count). The smallest absolute Gasteiger partial charge is 0.308 e. The number of nitrogens with one attached hydrogen (secondary N) is 1. The van der Waals surface area contributed by atoms with Crippen molar-refractivity contribution in [2.45, 2.75) is 37.5 Å². The zero-order valence-electron chi connectivity index (χ0n) is 13.4. The number of esters is 1. The molecule has 1 saturated heterocycles. The molecule has 1 aliphatic carbocycles. The zero-order valence-corrected chi connectivity index (χ0v) is 14.2. The van der Waals surface area contributed by atoms with Crippen LogP contribution in [0, 0.1) is 12.8 Å². The molecule has 122 valence electrons. The number of hydrogen-bond acceptors (Lipinski definition) is 4. The molecule has 4 nitrogen and oxygen atoms in total. The van der Waals surface area contributed by atoms with Gasteiger partial charge in [0.15, 0.2) is 0 Å². The lowest BCUT2D eigenvalue weighted by Gasteiger charge is -2.38. The number of rotatable bonds is 2. The highest BCUT2D eigenvalue weighted by Crippen LogP contribution is 2.40. The van der Waals surface area contributed by atoms with Gasteiger partial charge in [0.2, 0.25) is 0 Å². The van der Waals surface area contributed by atoms with E-state index in [4.69, 9.17) is 4.74 Å². The summed E-state index contributed by atoms with van der Waals surface area (Å²) in [5, 5.41) is 3.42. The van der Waals surface area contributed by atoms with Crippen LogP contribution in [0.3, 0.4) is 0 Å². The number of hydrogen-bond donors (Lipinski definition) is 1. The van der Waals surface area contributed by atoms with Gasteiger partial charge >= 0.3 is 5.97 Å². The highest BCUT2D eigenvalue weighted by atomic mass is 32.2. The molecular weight excluding hydrogens is 310 g/mol. The molecule has 1 saturated carbocycles. The Kier molecular flexibility index (Phi) is 4.76. The van der Waals surface area contributed by atoms with E-state index in [1.54, 1.807) is 11.8 Å². The van der Waals surface area contributed by atoms with E-state index in [0.29, 0.717) is 11.7 Å². The van der Waals surface area contributed by atoms with Crippen molar-refractivity contribution in [2.75, 3.05) is 7.11 Å². The Morgan fingerprint density at radius 1 is 1.35 bits per heavy atom. The van der Waals surface area contributed by atoms with E-state index in [9.17, 15) is 9.59 Å². The van der Waals surface area contributed by atoms with Crippen molar-refractivity contribution >= 4 is 29.7 Å². The topological polar surface area (TPSA) is 55.4 Å². The molecule has 0 radical (unpaired) electrons. The first-order valence-electron chi connectivity index (χ1n) is 7.91. The van der Waals surface area contributed by atoms with Crippen molar-refractivity contribution in [3.8, 4) is 0 Å². The minimum Gasteiger partial charge on any atom is -0.469 e. The maximum Gasteiger partial charge on any atom is 0.308 e. The molecule has 1 aliphatic heterocycles. The average molecular weight is 331 g/mol. The maximum absolute atomic E-state index is 12.4. The predicted octanol–water partition coefficient (Wildman–Crippen LogP) is 2.91. The second-order valence-electron chi connectivity index (χ2n) is 6.13. The number of methoxy groups -OCH3 is 1. The third-order valence-corrected chi connectivity index (χ3v) is 6.04. The quantitative estimate of drug-likeness (QED) is 0.669. The molecule has 0 spiro atoms. The van der Waals surface area contributed by atoms with Crippen LogP contribution in [0.5, 0.6) is 0 Å². The minimum atomic E-state index is -0.163. The van der Waals surface area contributed by atoms with Gasteiger partial charge in [0.1, 0.15) is 0 Å². The summed E-state index contributed by atoms with van der Waals surface area (Å²) >= 11 is 1.65. The molecule has 0 aromatic heterocycles. The van der Waals surface area contributed by atoms with E-state index in [1.165, 1.54) is 7.11 Å². The molecule has 1 heterocycles. The Morgan fingerprint density at radius 2 is 2.13 bits per heavy atom. The van der Waals surface area contributed by atoms with E-state index < -0.39 is 0 Å². The Hall–Kier alpha value is -1.75. The molecule has 0 bridgehead atoms. The first kappa shape index (κ1) is 16.1. The van der Waals surface area contributed by atoms with E-state index in [0.717, 1.165) is 28.9 Å². The molecule has 5 heteroatoms. The Bertz CT molecular complexity index is 655. The summed E-state index contributed by atoms with van der Waals surface area (Å²) in [5.74, 6) is -0.294. The maximum atomic E-state index is 12.4. The third kappa shape index (κ3) is 3.44. The number of aryl methyl sites for hydroxylation is 1. The lowest BCUT2D eigenvalue weighted by atomic mass is 9.85. The SMILES string of the molecule is COC(=O)C1CCC2S/C(=C/c3ccccc3C)C(=O)NC2C1. The van der Waals surface area contributed by atoms with Crippen LogP contribution in [0.25, 0.3) is 6.08 Å². The van der Waals surface area contributed by atoms with Crippen LogP contribution in [0.15, 0.2) is 29.2 Å². The van der Waals surface area contributed by atoms with Crippen molar-refractivity contribution in [3.63, 3.8) is 0 Å². The van der Waals surface area contributed by atoms with Crippen molar-refractivity contribution in [2.24, 2.45) is 5.92 Å². The summed E-state index contributed by atoms with van der Waals surface area (Å²) < 4.78 is 4.84. The van der Waals surface area contributed by atoms with Crippen LogP contribution in [0.2, 0.25) is 0 Å². The largest absolute Gasteiger partial charge is 0.469 e. The lowest BCUT2D eigenvalue weighted by molar-refractivity contribution is -0.147. The van der Waals surface area contributed by atoms with Gasteiger partial charge < -0.3 is 10.1 Å². The second kappa shape index (κ2) is 6.79. The number of amides is 1. The van der Waals surface area contributed by atoms with Crippen molar-refractivity contribution in [1.29, 1.82) is 0 Å².